The van der Waals surface area contributed by atoms with E-state index in [1.807, 2.05) is 12.1 Å². The van der Waals surface area contributed by atoms with E-state index in [1.165, 1.54) is 0 Å². The highest BCUT2D eigenvalue weighted by atomic mass is 32.2. The number of nitrogens with two attached hydrogens (primary N) is 2. The lowest BCUT2D eigenvalue weighted by Gasteiger charge is -2.10. The molecule has 0 spiro atoms. The van der Waals surface area contributed by atoms with E-state index in [0.717, 1.165) is 5.56 Å². The maximum absolute atomic E-state index is 11.3. The summed E-state index contributed by atoms with van der Waals surface area (Å²) in [5, 5.41) is 0. The number of esters is 1. The highest BCUT2D eigenvalue weighted by Gasteiger charge is 2.14. The van der Waals surface area contributed by atoms with Crippen molar-refractivity contribution in [2.24, 2.45) is 11.5 Å². The van der Waals surface area contributed by atoms with Crippen LogP contribution < -0.4 is 11.5 Å². The third-order valence-electron chi connectivity index (χ3n) is 2.70. The fourth-order valence-corrected chi connectivity index (χ4v) is 2.68. The second-order valence-electron chi connectivity index (χ2n) is 4.22. The Labute approximate surface area is 123 Å². The Kier molecular flexibility index (Phi) is 7.11. The van der Waals surface area contributed by atoms with Gasteiger partial charge in [0, 0.05) is 11.3 Å². The summed E-state index contributed by atoms with van der Waals surface area (Å²) in [6, 6.07) is 6.65. The lowest BCUT2D eigenvalue weighted by molar-refractivity contribution is -0.144. The number of amides is 1. The first-order valence-electron chi connectivity index (χ1n) is 6.44. The van der Waals surface area contributed by atoms with E-state index in [9.17, 15) is 9.59 Å². The van der Waals surface area contributed by atoms with Crippen LogP contribution in [0.1, 0.15) is 29.3 Å². The summed E-state index contributed by atoms with van der Waals surface area (Å²) >= 11 is 1.61. The predicted molar refractivity (Wildman–Crippen MR) is 80.3 cm³/mol. The van der Waals surface area contributed by atoms with Crippen LogP contribution in [-0.4, -0.2) is 30.3 Å². The first-order valence-corrected chi connectivity index (χ1v) is 7.59. The molecule has 1 amide bonds. The molecule has 20 heavy (non-hydrogen) atoms. The largest absolute Gasteiger partial charge is 0.465 e. The Morgan fingerprint density at radius 1 is 1.35 bits per heavy atom. The number of hydrogen-bond acceptors (Lipinski definition) is 5. The first-order chi connectivity index (χ1) is 9.56. The SMILES string of the molecule is CCOC(=O)C(N)CCSCc1ccccc1C(N)=O. The van der Waals surface area contributed by atoms with Crippen molar-refractivity contribution in [3.05, 3.63) is 35.4 Å². The van der Waals surface area contributed by atoms with Crippen LogP contribution in [0, 0.1) is 0 Å². The molecule has 110 valence electrons. The van der Waals surface area contributed by atoms with Crippen molar-refractivity contribution >= 4 is 23.6 Å². The van der Waals surface area contributed by atoms with E-state index < -0.39 is 11.9 Å². The third-order valence-corrected chi connectivity index (χ3v) is 3.74. The average Bonchev–Trinajstić information content (AvgIpc) is 2.43. The predicted octanol–water partition coefficient (Wildman–Crippen LogP) is 1.30. The minimum absolute atomic E-state index is 0.339. The van der Waals surface area contributed by atoms with Crippen molar-refractivity contribution in [3.63, 3.8) is 0 Å². The second kappa shape index (κ2) is 8.60. The van der Waals surface area contributed by atoms with Gasteiger partial charge in [-0.2, -0.15) is 11.8 Å². The summed E-state index contributed by atoms with van der Waals surface area (Å²) < 4.78 is 4.84. The van der Waals surface area contributed by atoms with Gasteiger partial charge in [0.25, 0.3) is 0 Å². The van der Waals surface area contributed by atoms with Gasteiger partial charge in [0.1, 0.15) is 6.04 Å². The van der Waals surface area contributed by atoms with Gasteiger partial charge in [0.15, 0.2) is 0 Å². The van der Waals surface area contributed by atoms with Crippen molar-refractivity contribution < 1.29 is 14.3 Å². The summed E-state index contributed by atoms with van der Waals surface area (Å²) in [6.07, 6.45) is 0.544. The Bertz CT molecular complexity index is 465. The molecule has 0 radical (unpaired) electrons. The molecule has 4 N–H and O–H groups in total. The number of carbonyl (C=O) groups excluding carboxylic acids is 2. The van der Waals surface area contributed by atoms with Gasteiger partial charge in [-0.15, -0.1) is 0 Å². The van der Waals surface area contributed by atoms with Crippen LogP contribution >= 0.6 is 11.8 Å². The van der Waals surface area contributed by atoms with Crippen molar-refractivity contribution in [1.29, 1.82) is 0 Å². The molecule has 0 saturated carbocycles. The van der Waals surface area contributed by atoms with Crippen LogP contribution in [0.3, 0.4) is 0 Å². The average molecular weight is 296 g/mol. The van der Waals surface area contributed by atoms with Crippen LogP contribution in [-0.2, 0) is 15.3 Å². The molecule has 0 aliphatic heterocycles. The second-order valence-corrected chi connectivity index (χ2v) is 5.33. The summed E-state index contributed by atoms with van der Waals surface area (Å²) in [5.41, 5.74) is 12.4. The lowest BCUT2D eigenvalue weighted by Crippen LogP contribution is -2.32. The minimum atomic E-state index is -0.589. The molecule has 0 aromatic heterocycles. The van der Waals surface area contributed by atoms with Crippen LogP contribution in [0.2, 0.25) is 0 Å². The van der Waals surface area contributed by atoms with Crippen LogP contribution in [0.15, 0.2) is 24.3 Å². The van der Waals surface area contributed by atoms with Gasteiger partial charge in [-0.1, -0.05) is 18.2 Å². The van der Waals surface area contributed by atoms with Crippen molar-refractivity contribution in [2.45, 2.75) is 25.1 Å². The number of thioether (sulfide) groups is 1. The van der Waals surface area contributed by atoms with E-state index in [-0.39, 0.29) is 5.97 Å². The number of ether oxygens (including phenoxy) is 1. The van der Waals surface area contributed by atoms with E-state index in [2.05, 4.69) is 0 Å². The molecule has 0 aliphatic rings. The Morgan fingerprint density at radius 2 is 2.05 bits per heavy atom. The van der Waals surface area contributed by atoms with Crippen LogP contribution in [0.5, 0.6) is 0 Å². The van der Waals surface area contributed by atoms with Gasteiger partial charge < -0.3 is 16.2 Å². The number of carbonyl (C=O) groups is 2. The Hall–Kier alpha value is -1.53. The molecule has 0 heterocycles. The normalized spacial score (nSPS) is 11.9. The molecule has 1 aromatic carbocycles. The minimum Gasteiger partial charge on any atom is -0.465 e. The zero-order chi connectivity index (χ0) is 15.0. The molecule has 0 bridgehead atoms. The quantitative estimate of drug-likeness (QED) is 0.557. The smallest absolute Gasteiger partial charge is 0.322 e. The summed E-state index contributed by atoms with van der Waals surface area (Å²) in [4.78, 5) is 22.6. The lowest BCUT2D eigenvalue weighted by atomic mass is 10.1. The van der Waals surface area contributed by atoms with Crippen LogP contribution in [0.4, 0.5) is 0 Å². The zero-order valence-corrected chi connectivity index (χ0v) is 12.3. The molecule has 0 fully saturated rings. The molecule has 1 unspecified atom stereocenters. The molecular formula is C14H20N2O3S. The van der Waals surface area contributed by atoms with Gasteiger partial charge in [-0.25, -0.2) is 0 Å². The first kappa shape index (κ1) is 16.5. The van der Waals surface area contributed by atoms with Gasteiger partial charge in [0.2, 0.25) is 5.91 Å². The fraction of sp³-hybridized carbons (Fsp3) is 0.429. The highest BCUT2D eigenvalue weighted by Crippen LogP contribution is 2.17. The molecule has 1 aromatic rings. The van der Waals surface area contributed by atoms with E-state index in [0.29, 0.717) is 30.1 Å². The highest BCUT2D eigenvalue weighted by molar-refractivity contribution is 7.98. The van der Waals surface area contributed by atoms with Crippen LogP contribution in [0.25, 0.3) is 0 Å². The molecular weight excluding hydrogens is 276 g/mol. The third kappa shape index (κ3) is 5.22. The number of primary amides is 1. The number of rotatable bonds is 8. The van der Waals surface area contributed by atoms with Crippen molar-refractivity contribution in [1.82, 2.24) is 0 Å². The van der Waals surface area contributed by atoms with E-state index in [4.69, 9.17) is 16.2 Å². The molecule has 0 aliphatic carbocycles. The van der Waals surface area contributed by atoms with E-state index in [1.54, 1.807) is 30.8 Å². The molecule has 0 saturated heterocycles. The molecule has 5 nitrogen and oxygen atoms in total. The molecule has 6 heteroatoms. The fourth-order valence-electron chi connectivity index (χ4n) is 1.65. The monoisotopic (exact) mass is 296 g/mol. The Morgan fingerprint density at radius 3 is 2.70 bits per heavy atom. The Balaban J connectivity index is 2.38. The van der Waals surface area contributed by atoms with Gasteiger partial charge >= 0.3 is 5.97 Å². The van der Waals surface area contributed by atoms with Gasteiger partial charge in [-0.05, 0) is 30.7 Å². The maximum atomic E-state index is 11.3. The van der Waals surface area contributed by atoms with E-state index >= 15 is 0 Å². The van der Waals surface area contributed by atoms with Gasteiger partial charge in [0.05, 0.1) is 6.61 Å². The summed E-state index contributed by atoms with van der Waals surface area (Å²) in [5.74, 6) is 0.580. The summed E-state index contributed by atoms with van der Waals surface area (Å²) in [7, 11) is 0. The maximum Gasteiger partial charge on any atom is 0.322 e. The van der Waals surface area contributed by atoms with Gasteiger partial charge in [-0.3, -0.25) is 9.59 Å². The summed E-state index contributed by atoms with van der Waals surface area (Å²) in [6.45, 7) is 2.09. The zero-order valence-electron chi connectivity index (χ0n) is 11.5. The van der Waals surface area contributed by atoms with Crippen molar-refractivity contribution in [3.8, 4) is 0 Å². The number of hydrogen-bond donors (Lipinski definition) is 2. The number of benzene rings is 1. The topological polar surface area (TPSA) is 95.4 Å². The molecule has 1 rings (SSSR count). The van der Waals surface area contributed by atoms with Crippen molar-refractivity contribution in [2.75, 3.05) is 12.4 Å². The standard InChI is InChI=1S/C14H20N2O3S/c1-2-19-14(18)12(15)7-8-20-9-10-5-3-4-6-11(10)13(16)17/h3-6,12H,2,7-9,15H2,1H3,(H2,16,17). The molecule has 1 atom stereocenters.